The van der Waals surface area contributed by atoms with Crippen molar-refractivity contribution in [2.24, 2.45) is 5.92 Å². The molecule has 0 aliphatic carbocycles. The lowest BCUT2D eigenvalue weighted by molar-refractivity contribution is -0.128. The smallest absolute Gasteiger partial charge is 0.229 e. The van der Waals surface area contributed by atoms with Gasteiger partial charge in [-0.1, -0.05) is 19.4 Å². The van der Waals surface area contributed by atoms with Crippen molar-refractivity contribution >= 4 is 17.5 Å². The number of carbonyl (C=O) groups excluding carboxylic acids is 2. The number of benzene rings is 1. The van der Waals surface area contributed by atoms with Crippen LogP contribution in [0.25, 0.3) is 0 Å². The van der Waals surface area contributed by atoms with Crippen molar-refractivity contribution in [1.82, 2.24) is 4.90 Å². The number of nitrogens with one attached hydrogen (secondary N) is 1. The van der Waals surface area contributed by atoms with Crippen molar-refractivity contribution in [2.45, 2.75) is 26.2 Å². The molecule has 1 fully saturated rings. The monoisotopic (exact) mass is 290 g/mol. The molecule has 1 aromatic carbocycles. The molecule has 1 N–H and O–H groups in total. The van der Waals surface area contributed by atoms with E-state index in [0.29, 0.717) is 24.4 Å². The van der Waals surface area contributed by atoms with E-state index in [1.807, 2.05) is 18.2 Å². The van der Waals surface area contributed by atoms with E-state index in [1.54, 1.807) is 18.1 Å². The Hall–Kier alpha value is -2.04. The van der Waals surface area contributed by atoms with Crippen molar-refractivity contribution in [3.63, 3.8) is 0 Å². The zero-order valence-corrected chi connectivity index (χ0v) is 12.6. The summed E-state index contributed by atoms with van der Waals surface area (Å²) in [5.74, 6) is 0.408. The highest BCUT2D eigenvalue weighted by Crippen LogP contribution is 2.22. The van der Waals surface area contributed by atoms with Gasteiger partial charge in [0.1, 0.15) is 5.75 Å². The molecule has 1 saturated heterocycles. The number of carbonyl (C=O) groups is 2. The quantitative estimate of drug-likeness (QED) is 0.874. The van der Waals surface area contributed by atoms with Gasteiger partial charge in [0.2, 0.25) is 11.8 Å². The van der Waals surface area contributed by atoms with Crippen molar-refractivity contribution in [2.75, 3.05) is 25.5 Å². The van der Waals surface area contributed by atoms with Crippen LogP contribution in [0.2, 0.25) is 0 Å². The van der Waals surface area contributed by atoms with Crippen molar-refractivity contribution in [3.8, 4) is 5.75 Å². The van der Waals surface area contributed by atoms with E-state index in [9.17, 15) is 9.59 Å². The van der Waals surface area contributed by atoms with E-state index in [4.69, 9.17) is 4.74 Å². The first-order valence-electron chi connectivity index (χ1n) is 7.36. The number of amides is 2. The molecule has 114 valence electrons. The molecule has 2 rings (SSSR count). The van der Waals surface area contributed by atoms with Crippen LogP contribution in [0, 0.1) is 5.92 Å². The van der Waals surface area contributed by atoms with Gasteiger partial charge >= 0.3 is 0 Å². The third kappa shape index (κ3) is 3.97. The summed E-state index contributed by atoms with van der Waals surface area (Å²) >= 11 is 0. The molecule has 0 bridgehead atoms. The molecule has 21 heavy (non-hydrogen) atoms. The minimum absolute atomic E-state index is 0.0780. The fourth-order valence-electron chi connectivity index (χ4n) is 2.46. The zero-order valence-electron chi connectivity index (χ0n) is 12.6. The number of rotatable bonds is 6. The van der Waals surface area contributed by atoms with E-state index in [2.05, 4.69) is 12.2 Å². The minimum atomic E-state index is -0.263. The molecule has 0 aromatic heterocycles. The summed E-state index contributed by atoms with van der Waals surface area (Å²) in [5, 5.41) is 2.86. The van der Waals surface area contributed by atoms with Gasteiger partial charge < -0.3 is 15.0 Å². The Morgan fingerprint density at radius 1 is 1.48 bits per heavy atom. The molecule has 1 aliphatic heterocycles. The molecule has 1 aromatic rings. The highest BCUT2D eigenvalue weighted by Gasteiger charge is 2.33. The van der Waals surface area contributed by atoms with E-state index < -0.39 is 0 Å². The summed E-state index contributed by atoms with van der Waals surface area (Å²) in [4.78, 5) is 25.9. The Morgan fingerprint density at radius 3 is 3.00 bits per heavy atom. The fourth-order valence-corrected chi connectivity index (χ4v) is 2.46. The average Bonchev–Trinajstić information content (AvgIpc) is 2.86. The lowest BCUT2D eigenvalue weighted by Crippen LogP contribution is -2.29. The molecule has 1 heterocycles. The molecule has 0 saturated carbocycles. The van der Waals surface area contributed by atoms with Gasteiger partial charge in [-0.05, 0) is 18.6 Å². The maximum atomic E-state index is 12.2. The van der Waals surface area contributed by atoms with Gasteiger partial charge in [0, 0.05) is 31.3 Å². The number of ether oxygens (including phenoxy) is 1. The Balaban J connectivity index is 1.93. The third-order valence-electron chi connectivity index (χ3n) is 3.70. The van der Waals surface area contributed by atoms with E-state index >= 15 is 0 Å². The van der Waals surface area contributed by atoms with Crippen LogP contribution < -0.4 is 10.1 Å². The molecule has 0 spiro atoms. The van der Waals surface area contributed by atoms with E-state index in [1.165, 1.54) is 0 Å². The number of hydrogen-bond acceptors (Lipinski definition) is 3. The molecule has 5 heteroatoms. The van der Waals surface area contributed by atoms with Crippen LogP contribution in [-0.4, -0.2) is 36.9 Å². The summed E-state index contributed by atoms with van der Waals surface area (Å²) in [5.41, 5.74) is 0.693. The number of methoxy groups -OCH3 is 1. The van der Waals surface area contributed by atoms with E-state index in [0.717, 1.165) is 19.4 Å². The minimum Gasteiger partial charge on any atom is -0.497 e. The first kappa shape index (κ1) is 15.4. The first-order valence-corrected chi connectivity index (χ1v) is 7.36. The van der Waals surface area contributed by atoms with Crippen LogP contribution >= 0.6 is 0 Å². The highest BCUT2D eigenvalue weighted by molar-refractivity contribution is 5.97. The summed E-state index contributed by atoms with van der Waals surface area (Å²) < 4.78 is 5.13. The van der Waals surface area contributed by atoms with Gasteiger partial charge in [-0.15, -0.1) is 0 Å². The predicted octanol–water partition coefficient (Wildman–Crippen LogP) is 2.28. The van der Waals surface area contributed by atoms with Gasteiger partial charge in [-0.3, -0.25) is 9.59 Å². The zero-order chi connectivity index (χ0) is 15.2. The summed E-state index contributed by atoms with van der Waals surface area (Å²) in [7, 11) is 1.59. The molecule has 0 unspecified atom stereocenters. The van der Waals surface area contributed by atoms with Crippen molar-refractivity contribution < 1.29 is 14.3 Å². The Bertz CT molecular complexity index is 516. The summed E-state index contributed by atoms with van der Waals surface area (Å²) in [6.45, 7) is 3.36. The molecular formula is C16H22N2O3. The highest BCUT2D eigenvalue weighted by atomic mass is 16.5. The maximum absolute atomic E-state index is 12.2. The maximum Gasteiger partial charge on any atom is 0.229 e. The van der Waals surface area contributed by atoms with Gasteiger partial charge in [0.25, 0.3) is 0 Å². The third-order valence-corrected chi connectivity index (χ3v) is 3.70. The number of nitrogens with zero attached hydrogens (tertiary/aromatic N) is 1. The SMILES string of the molecule is CCCCN1C[C@@H](C(=O)Nc2cccc(OC)c2)CC1=O. The van der Waals surface area contributed by atoms with Gasteiger partial charge in [-0.2, -0.15) is 0 Å². The first-order chi connectivity index (χ1) is 10.1. The summed E-state index contributed by atoms with van der Waals surface area (Å²) in [6, 6.07) is 7.22. The van der Waals surface area contributed by atoms with Crippen LogP contribution in [0.3, 0.4) is 0 Å². The van der Waals surface area contributed by atoms with Crippen LogP contribution in [0.1, 0.15) is 26.2 Å². The number of hydrogen-bond donors (Lipinski definition) is 1. The van der Waals surface area contributed by atoms with Crippen LogP contribution in [0.15, 0.2) is 24.3 Å². The Kier molecular flexibility index (Phi) is 5.20. The van der Waals surface area contributed by atoms with Gasteiger partial charge in [-0.25, -0.2) is 0 Å². The molecular weight excluding hydrogens is 268 g/mol. The second kappa shape index (κ2) is 7.11. The van der Waals surface area contributed by atoms with Gasteiger partial charge in [0.15, 0.2) is 0 Å². The second-order valence-corrected chi connectivity index (χ2v) is 5.32. The number of likely N-dealkylation sites (tertiary alicyclic amines) is 1. The Labute approximate surface area is 125 Å². The number of unbranched alkanes of at least 4 members (excludes halogenated alkanes) is 1. The van der Waals surface area contributed by atoms with Crippen molar-refractivity contribution in [1.29, 1.82) is 0 Å². The summed E-state index contributed by atoms with van der Waals surface area (Å²) in [6.07, 6.45) is 2.33. The molecule has 1 atom stereocenters. The Morgan fingerprint density at radius 2 is 2.29 bits per heavy atom. The fraction of sp³-hybridized carbons (Fsp3) is 0.500. The predicted molar refractivity (Wildman–Crippen MR) is 81.2 cm³/mol. The van der Waals surface area contributed by atoms with Crippen molar-refractivity contribution in [3.05, 3.63) is 24.3 Å². The standard InChI is InChI=1S/C16H22N2O3/c1-3-4-8-18-11-12(9-15(18)19)16(20)17-13-6-5-7-14(10-13)21-2/h5-7,10,12H,3-4,8-9,11H2,1-2H3,(H,17,20)/t12-/m0/s1. The van der Waals surface area contributed by atoms with Gasteiger partial charge in [0.05, 0.1) is 13.0 Å². The largest absolute Gasteiger partial charge is 0.497 e. The molecule has 1 aliphatic rings. The topological polar surface area (TPSA) is 58.6 Å². The van der Waals surface area contributed by atoms with E-state index in [-0.39, 0.29) is 17.7 Å². The average molecular weight is 290 g/mol. The molecule has 0 radical (unpaired) electrons. The lowest BCUT2D eigenvalue weighted by Gasteiger charge is -2.16. The van der Waals surface area contributed by atoms with Crippen LogP contribution in [0.4, 0.5) is 5.69 Å². The normalized spacial score (nSPS) is 17.9. The molecule has 2 amide bonds. The molecule has 5 nitrogen and oxygen atoms in total. The number of anilines is 1. The van der Waals surface area contributed by atoms with Crippen LogP contribution in [-0.2, 0) is 9.59 Å². The van der Waals surface area contributed by atoms with Crippen LogP contribution in [0.5, 0.6) is 5.75 Å². The lowest BCUT2D eigenvalue weighted by atomic mass is 10.1. The second-order valence-electron chi connectivity index (χ2n) is 5.32.